The molecule has 2 nitrogen and oxygen atoms in total. The molecule has 1 N–H and O–H groups in total. The normalized spacial score (nSPS) is 34.0. The Bertz CT molecular complexity index is 195. The SMILES string of the molecule is CCNC(CC1CCC1)C1(C)CCCO1. The first-order valence-electron chi connectivity index (χ1n) is 6.62. The summed E-state index contributed by atoms with van der Waals surface area (Å²) in [4.78, 5) is 0. The van der Waals surface area contributed by atoms with Gasteiger partial charge in [-0.3, -0.25) is 0 Å². The molecule has 2 aliphatic rings. The zero-order valence-corrected chi connectivity index (χ0v) is 10.2. The lowest BCUT2D eigenvalue weighted by molar-refractivity contribution is -0.0210. The van der Waals surface area contributed by atoms with Crippen LogP contribution in [0.15, 0.2) is 0 Å². The maximum Gasteiger partial charge on any atom is 0.0807 e. The Balaban J connectivity index is 1.91. The van der Waals surface area contributed by atoms with Crippen LogP contribution in [-0.2, 0) is 4.74 Å². The van der Waals surface area contributed by atoms with E-state index >= 15 is 0 Å². The Morgan fingerprint density at radius 2 is 2.20 bits per heavy atom. The Hall–Kier alpha value is -0.0800. The highest BCUT2D eigenvalue weighted by molar-refractivity contribution is 4.94. The highest BCUT2D eigenvalue weighted by Crippen LogP contribution is 2.37. The lowest BCUT2D eigenvalue weighted by Gasteiger charge is -2.38. The molecule has 1 aliphatic carbocycles. The summed E-state index contributed by atoms with van der Waals surface area (Å²) in [7, 11) is 0. The molecular weight excluding hydrogens is 186 g/mol. The van der Waals surface area contributed by atoms with Crippen LogP contribution < -0.4 is 5.32 Å². The molecule has 0 bridgehead atoms. The third kappa shape index (κ3) is 2.54. The van der Waals surface area contributed by atoms with Gasteiger partial charge >= 0.3 is 0 Å². The van der Waals surface area contributed by atoms with Crippen LogP contribution in [0, 0.1) is 5.92 Å². The first-order chi connectivity index (χ1) is 7.24. The quantitative estimate of drug-likeness (QED) is 0.755. The fraction of sp³-hybridized carbons (Fsp3) is 1.00. The summed E-state index contributed by atoms with van der Waals surface area (Å²) in [5, 5.41) is 3.64. The molecule has 0 aromatic heterocycles. The fourth-order valence-electron chi connectivity index (χ4n) is 2.93. The maximum atomic E-state index is 5.96. The lowest BCUT2D eigenvalue weighted by Crippen LogP contribution is -2.49. The van der Waals surface area contributed by atoms with Crippen molar-refractivity contribution in [3.05, 3.63) is 0 Å². The number of hydrogen-bond donors (Lipinski definition) is 1. The van der Waals surface area contributed by atoms with Gasteiger partial charge in [-0.2, -0.15) is 0 Å². The van der Waals surface area contributed by atoms with Crippen molar-refractivity contribution >= 4 is 0 Å². The summed E-state index contributed by atoms with van der Waals surface area (Å²) in [6, 6.07) is 0.579. The van der Waals surface area contributed by atoms with Crippen molar-refractivity contribution in [1.29, 1.82) is 0 Å². The Kier molecular flexibility index (Phi) is 3.68. The van der Waals surface area contributed by atoms with Gasteiger partial charge in [0.15, 0.2) is 0 Å². The van der Waals surface area contributed by atoms with Crippen LogP contribution in [0.5, 0.6) is 0 Å². The molecule has 0 aromatic rings. The minimum Gasteiger partial charge on any atom is -0.374 e. The van der Waals surface area contributed by atoms with Gasteiger partial charge in [-0.05, 0) is 38.6 Å². The van der Waals surface area contributed by atoms with Crippen LogP contribution in [0.25, 0.3) is 0 Å². The van der Waals surface area contributed by atoms with E-state index in [2.05, 4.69) is 19.2 Å². The summed E-state index contributed by atoms with van der Waals surface area (Å²) >= 11 is 0. The van der Waals surface area contributed by atoms with Gasteiger partial charge in [-0.1, -0.05) is 26.2 Å². The Labute approximate surface area is 93.8 Å². The molecule has 2 fully saturated rings. The minimum atomic E-state index is 0.117. The molecule has 2 rings (SSSR count). The summed E-state index contributed by atoms with van der Waals surface area (Å²) in [5.41, 5.74) is 0.117. The molecule has 0 aromatic carbocycles. The van der Waals surface area contributed by atoms with Gasteiger partial charge in [0, 0.05) is 12.6 Å². The molecule has 2 unspecified atom stereocenters. The zero-order valence-electron chi connectivity index (χ0n) is 10.2. The van der Waals surface area contributed by atoms with Gasteiger partial charge in [-0.15, -0.1) is 0 Å². The average Bonchev–Trinajstić information content (AvgIpc) is 2.57. The molecule has 1 heterocycles. The van der Waals surface area contributed by atoms with Gasteiger partial charge < -0.3 is 10.1 Å². The topological polar surface area (TPSA) is 21.3 Å². The molecular formula is C13H25NO. The second kappa shape index (κ2) is 4.84. The van der Waals surface area contributed by atoms with Crippen LogP contribution in [0.3, 0.4) is 0 Å². The lowest BCUT2D eigenvalue weighted by atomic mass is 9.77. The van der Waals surface area contributed by atoms with Gasteiger partial charge in [0.2, 0.25) is 0 Å². The molecule has 1 aliphatic heterocycles. The van der Waals surface area contributed by atoms with Crippen molar-refractivity contribution < 1.29 is 4.74 Å². The van der Waals surface area contributed by atoms with Crippen molar-refractivity contribution in [2.45, 2.75) is 64.0 Å². The van der Waals surface area contributed by atoms with Gasteiger partial charge in [0.25, 0.3) is 0 Å². The molecule has 0 amide bonds. The van der Waals surface area contributed by atoms with E-state index < -0.39 is 0 Å². The first kappa shape index (κ1) is 11.4. The molecule has 2 atom stereocenters. The third-order valence-corrected chi connectivity index (χ3v) is 4.23. The third-order valence-electron chi connectivity index (χ3n) is 4.23. The fourth-order valence-corrected chi connectivity index (χ4v) is 2.93. The smallest absolute Gasteiger partial charge is 0.0807 e. The largest absolute Gasteiger partial charge is 0.374 e. The maximum absolute atomic E-state index is 5.96. The Morgan fingerprint density at radius 3 is 2.67 bits per heavy atom. The monoisotopic (exact) mass is 211 g/mol. The van der Waals surface area contributed by atoms with Crippen molar-refractivity contribution in [2.24, 2.45) is 5.92 Å². The highest BCUT2D eigenvalue weighted by atomic mass is 16.5. The summed E-state index contributed by atoms with van der Waals surface area (Å²) in [6.45, 7) is 6.53. The van der Waals surface area contributed by atoms with Crippen LogP contribution in [0.1, 0.15) is 52.4 Å². The number of likely N-dealkylation sites (N-methyl/N-ethyl adjacent to an activating group) is 1. The van der Waals surface area contributed by atoms with Crippen molar-refractivity contribution in [1.82, 2.24) is 5.32 Å². The highest BCUT2D eigenvalue weighted by Gasteiger charge is 2.39. The summed E-state index contributed by atoms with van der Waals surface area (Å²) in [6.07, 6.45) is 8.13. The standard InChI is InChI=1S/C13H25NO/c1-3-14-12(10-11-6-4-7-11)13(2)8-5-9-15-13/h11-12,14H,3-10H2,1-2H3. The van der Waals surface area contributed by atoms with E-state index in [1.54, 1.807) is 0 Å². The second-order valence-corrected chi connectivity index (χ2v) is 5.41. The van der Waals surface area contributed by atoms with Gasteiger partial charge in [0.05, 0.1) is 5.60 Å². The Morgan fingerprint density at radius 1 is 1.40 bits per heavy atom. The molecule has 88 valence electrons. The van der Waals surface area contributed by atoms with Crippen LogP contribution in [-0.4, -0.2) is 24.8 Å². The summed E-state index contributed by atoms with van der Waals surface area (Å²) < 4.78 is 5.96. The van der Waals surface area contributed by atoms with Crippen molar-refractivity contribution in [2.75, 3.05) is 13.2 Å². The van der Waals surface area contributed by atoms with E-state index in [0.29, 0.717) is 6.04 Å². The van der Waals surface area contributed by atoms with Crippen molar-refractivity contribution in [3.8, 4) is 0 Å². The zero-order chi connectivity index (χ0) is 10.7. The van der Waals surface area contributed by atoms with E-state index in [4.69, 9.17) is 4.74 Å². The molecule has 1 saturated heterocycles. The number of hydrogen-bond acceptors (Lipinski definition) is 2. The number of rotatable bonds is 5. The van der Waals surface area contributed by atoms with Crippen LogP contribution in [0.4, 0.5) is 0 Å². The van der Waals surface area contributed by atoms with E-state index in [-0.39, 0.29) is 5.60 Å². The number of nitrogens with one attached hydrogen (secondary N) is 1. The van der Waals surface area contributed by atoms with Gasteiger partial charge in [-0.25, -0.2) is 0 Å². The van der Waals surface area contributed by atoms with Crippen LogP contribution in [0.2, 0.25) is 0 Å². The van der Waals surface area contributed by atoms with E-state index in [1.807, 2.05) is 0 Å². The molecule has 0 spiro atoms. The predicted molar refractivity (Wildman–Crippen MR) is 63.0 cm³/mol. The average molecular weight is 211 g/mol. The first-order valence-corrected chi connectivity index (χ1v) is 6.62. The summed E-state index contributed by atoms with van der Waals surface area (Å²) in [5.74, 6) is 0.968. The number of ether oxygens (including phenoxy) is 1. The van der Waals surface area contributed by atoms with E-state index in [0.717, 1.165) is 19.1 Å². The van der Waals surface area contributed by atoms with Gasteiger partial charge in [0.1, 0.15) is 0 Å². The molecule has 2 heteroatoms. The predicted octanol–water partition coefficient (Wildman–Crippen LogP) is 2.72. The van der Waals surface area contributed by atoms with Crippen molar-refractivity contribution in [3.63, 3.8) is 0 Å². The minimum absolute atomic E-state index is 0.117. The molecule has 15 heavy (non-hydrogen) atoms. The molecule has 0 radical (unpaired) electrons. The second-order valence-electron chi connectivity index (χ2n) is 5.41. The van der Waals surface area contributed by atoms with E-state index in [1.165, 1.54) is 38.5 Å². The molecule has 1 saturated carbocycles. The van der Waals surface area contributed by atoms with E-state index in [9.17, 15) is 0 Å². The van der Waals surface area contributed by atoms with Crippen LogP contribution >= 0.6 is 0 Å².